The molecule has 1 rings (SSSR count). The van der Waals surface area contributed by atoms with Crippen LogP contribution in [0.4, 0.5) is 0 Å². The molecule has 4 nitrogen and oxygen atoms in total. The van der Waals surface area contributed by atoms with Gasteiger partial charge in [0.05, 0.1) is 17.6 Å². The molecule has 1 aliphatic heterocycles. The maximum absolute atomic E-state index is 11.3. The third-order valence-corrected chi connectivity index (χ3v) is 4.98. The van der Waals surface area contributed by atoms with E-state index in [4.69, 9.17) is 0 Å². The first-order valence-electron chi connectivity index (χ1n) is 6.67. The van der Waals surface area contributed by atoms with Gasteiger partial charge in [-0.15, -0.1) is 0 Å². The van der Waals surface area contributed by atoms with Crippen LogP contribution in [0.15, 0.2) is 0 Å². The van der Waals surface area contributed by atoms with E-state index in [0.29, 0.717) is 0 Å². The van der Waals surface area contributed by atoms with Crippen molar-refractivity contribution in [2.24, 2.45) is 0 Å². The molecule has 0 radical (unpaired) electrons. The van der Waals surface area contributed by atoms with Crippen molar-refractivity contribution in [2.75, 3.05) is 18.1 Å². The van der Waals surface area contributed by atoms with Gasteiger partial charge >= 0.3 is 0 Å². The molecule has 0 amide bonds. The van der Waals surface area contributed by atoms with Gasteiger partial charge in [-0.3, -0.25) is 0 Å². The summed E-state index contributed by atoms with van der Waals surface area (Å²) in [6.07, 6.45) is 6.62. The molecule has 1 aliphatic rings. The van der Waals surface area contributed by atoms with Crippen LogP contribution in [-0.2, 0) is 9.84 Å². The van der Waals surface area contributed by atoms with Crippen molar-refractivity contribution in [1.29, 1.82) is 0 Å². The van der Waals surface area contributed by atoms with Crippen LogP contribution in [0.2, 0.25) is 0 Å². The molecule has 0 bridgehead atoms. The summed E-state index contributed by atoms with van der Waals surface area (Å²) in [6.45, 7) is 3.01. The highest BCUT2D eigenvalue weighted by Crippen LogP contribution is 2.12. The third kappa shape index (κ3) is 5.84. The molecule has 0 aromatic rings. The number of unbranched alkanes of at least 4 members (excludes halogenated alkanes) is 5. The lowest BCUT2D eigenvalue weighted by atomic mass is 10.1. The van der Waals surface area contributed by atoms with Crippen LogP contribution < -0.4 is 5.32 Å². The summed E-state index contributed by atoms with van der Waals surface area (Å²) in [5.74, 6) is 0.00513. The lowest BCUT2D eigenvalue weighted by Gasteiger charge is -2.14. The van der Waals surface area contributed by atoms with Crippen LogP contribution in [0.5, 0.6) is 0 Å². The average Bonchev–Trinajstić information content (AvgIpc) is 2.51. The molecule has 0 aromatic carbocycles. The zero-order valence-electron chi connectivity index (χ0n) is 10.7. The number of sulfone groups is 1. The normalized spacial score (nSPS) is 27.4. The topological polar surface area (TPSA) is 66.4 Å². The highest BCUT2D eigenvalue weighted by molar-refractivity contribution is 7.91. The van der Waals surface area contributed by atoms with Crippen molar-refractivity contribution in [2.45, 2.75) is 57.6 Å². The monoisotopic (exact) mass is 263 g/mol. The number of aliphatic hydroxyl groups excluding tert-OH is 1. The van der Waals surface area contributed by atoms with E-state index in [-0.39, 0.29) is 17.5 Å². The van der Waals surface area contributed by atoms with Crippen molar-refractivity contribution >= 4 is 9.84 Å². The van der Waals surface area contributed by atoms with Gasteiger partial charge in [0.25, 0.3) is 0 Å². The largest absolute Gasteiger partial charge is 0.390 e. The van der Waals surface area contributed by atoms with Gasteiger partial charge in [-0.05, 0) is 13.0 Å². The molecule has 2 unspecified atom stereocenters. The first kappa shape index (κ1) is 14.9. The summed E-state index contributed by atoms with van der Waals surface area (Å²) in [5.41, 5.74) is 0. The highest BCUT2D eigenvalue weighted by Gasteiger charge is 2.35. The Hall–Kier alpha value is -0.130. The Labute approximate surface area is 105 Å². The number of hydrogen-bond donors (Lipinski definition) is 2. The SMILES string of the molecule is CCCCCCCCNC1CS(=O)(=O)CC1O. The van der Waals surface area contributed by atoms with E-state index in [1.54, 1.807) is 0 Å². The van der Waals surface area contributed by atoms with E-state index < -0.39 is 15.9 Å². The van der Waals surface area contributed by atoms with Crippen molar-refractivity contribution in [3.63, 3.8) is 0 Å². The lowest BCUT2D eigenvalue weighted by molar-refractivity contribution is 0.166. The Kier molecular flexibility index (Phi) is 6.44. The lowest BCUT2D eigenvalue weighted by Crippen LogP contribution is -2.39. The van der Waals surface area contributed by atoms with Crippen LogP contribution >= 0.6 is 0 Å². The van der Waals surface area contributed by atoms with E-state index in [1.165, 1.54) is 32.1 Å². The second kappa shape index (κ2) is 7.34. The number of rotatable bonds is 8. The first-order chi connectivity index (χ1) is 8.05. The smallest absolute Gasteiger partial charge is 0.154 e. The molecule has 17 heavy (non-hydrogen) atoms. The second-order valence-corrected chi connectivity index (χ2v) is 7.13. The van der Waals surface area contributed by atoms with Gasteiger partial charge in [-0.25, -0.2) is 8.42 Å². The van der Waals surface area contributed by atoms with Crippen molar-refractivity contribution < 1.29 is 13.5 Å². The predicted octanol–water partition coefficient (Wildman–Crippen LogP) is 1.09. The number of aliphatic hydroxyl groups is 1. The Morgan fingerprint density at radius 1 is 1.12 bits per heavy atom. The third-order valence-electron chi connectivity index (χ3n) is 3.26. The Morgan fingerprint density at radius 2 is 1.76 bits per heavy atom. The van der Waals surface area contributed by atoms with Crippen LogP contribution in [0.1, 0.15) is 45.4 Å². The minimum atomic E-state index is -3.01. The predicted molar refractivity (Wildman–Crippen MR) is 69.8 cm³/mol. The fourth-order valence-corrected chi connectivity index (χ4v) is 3.99. The Morgan fingerprint density at radius 3 is 2.35 bits per heavy atom. The van der Waals surface area contributed by atoms with Crippen molar-refractivity contribution in [3.05, 3.63) is 0 Å². The fourth-order valence-electron chi connectivity index (χ4n) is 2.22. The van der Waals surface area contributed by atoms with Crippen LogP contribution in [0.25, 0.3) is 0 Å². The van der Waals surface area contributed by atoms with Gasteiger partial charge in [-0.1, -0.05) is 39.0 Å². The molecule has 0 saturated carbocycles. The van der Waals surface area contributed by atoms with E-state index >= 15 is 0 Å². The van der Waals surface area contributed by atoms with Crippen LogP contribution in [-0.4, -0.2) is 43.7 Å². The molecule has 2 N–H and O–H groups in total. The average molecular weight is 263 g/mol. The number of hydrogen-bond acceptors (Lipinski definition) is 4. The standard InChI is InChI=1S/C12H25NO3S/c1-2-3-4-5-6-7-8-13-11-9-17(15,16)10-12(11)14/h11-14H,2-10H2,1H3. The van der Waals surface area contributed by atoms with Crippen molar-refractivity contribution in [3.8, 4) is 0 Å². The minimum absolute atomic E-state index is 0.0822. The van der Waals surface area contributed by atoms with Crippen LogP contribution in [0.3, 0.4) is 0 Å². The van der Waals surface area contributed by atoms with Gasteiger partial charge in [0, 0.05) is 6.04 Å². The second-order valence-electron chi connectivity index (χ2n) is 4.97. The first-order valence-corrected chi connectivity index (χ1v) is 8.49. The van der Waals surface area contributed by atoms with E-state index in [1.807, 2.05) is 0 Å². The van der Waals surface area contributed by atoms with E-state index in [2.05, 4.69) is 12.2 Å². The maximum Gasteiger partial charge on any atom is 0.154 e. The summed E-state index contributed by atoms with van der Waals surface area (Å²) in [4.78, 5) is 0. The summed E-state index contributed by atoms with van der Waals surface area (Å²) in [5, 5.41) is 12.7. The van der Waals surface area contributed by atoms with Gasteiger partial charge < -0.3 is 10.4 Å². The van der Waals surface area contributed by atoms with Gasteiger partial charge in [-0.2, -0.15) is 0 Å². The van der Waals surface area contributed by atoms with E-state index in [9.17, 15) is 13.5 Å². The molecule has 0 aromatic heterocycles. The van der Waals surface area contributed by atoms with E-state index in [0.717, 1.165) is 13.0 Å². The summed E-state index contributed by atoms with van der Waals surface area (Å²) in [6, 6.07) is -0.254. The van der Waals surface area contributed by atoms with Gasteiger partial charge in [0.15, 0.2) is 9.84 Å². The Bertz CT molecular complexity index is 303. The Balaban J connectivity index is 2.04. The highest BCUT2D eigenvalue weighted by atomic mass is 32.2. The zero-order valence-corrected chi connectivity index (χ0v) is 11.5. The number of nitrogens with one attached hydrogen (secondary N) is 1. The summed E-state index contributed by atoms with van der Waals surface area (Å²) in [7, 11) is -3.01. The van der Waals surface area contributed by atoms with Gasteiger partial charge in [0.1, 0.15) is 0 Å². The fraction of sp³-hybridized carbons (Fsp3) is 1.00. The molecule has 102 valence electrons. The molecule has 2 atom stereocenters. The molecular formula is C12H25NO3S. The summed E-state index contributed by atoms with van der Waals surface area (Å²) >= 11 is 0. The molecule has 1 saturated heterocycles. The minimum Gasteiger partial charge on any atom is -0.390 e. The molecule has 0 spiro atoms. The zero-order chi connectivity index (χ0) is 12.7. The van der Waals surface area contributed by atoms with Gasteiger partial charge in [0.2, 0.25) is 0 Å². The molecular weight excluding hydrogens is 238 g/mol. The molecule has 5 heteroatoms. The maximum atomic E-state index is 11.3. The molecule has 0 aliphatic carbocycles. The molecule has 1 heterocycles. The molecule has 1 fully saturated rings. The quantitative estimate of drug-likeness (QED) is 0.643. The van der Waals surface area contributed by atoms with Crippen LogP contribution in [0, 0.1) is 0 Å². The summed E-state index contributed by atoms with van der Waals surface area (Å²) < 4.78 is 22.5. The van der Waals surface area contributed by atoms with Crippen molar-refractivity contribution in [1.82, 2.24) is 5.32 Å².